The molecule has 1 atom stereocenters. The number of benzene rings is 2. The topological polar surface area (TPSA) is 154 Å². The van der Waals surface area contributed by atoms with E-state index < -0.39 is 0 Å². The van der Waals surface area contributed by atoms with Crippen molar-refractivity contribution in [1.82, 2.24) is 44.6 Å². The SMILES string of the molecule is CC(=O)N1CCc2c(c(N3CCCc4cc(-c5cnn(C)c5)c(C)cc43)nn2C2CCN(CC3CCN(c4ncc(C(=O)NC5C(C)(C)C(Oc6ccc(C#N)c(C)c6)C5(C)C)cn4)CC3(C)C)CC2)C1. The molecule has 1 N–H and O–H groups in total. The molecular weight excluding hydrogens is 889 g/mol. The number of nitrogens with one attached hydrogen (secondary N) is 1. The molecule has 3 fully saturated rings. The lowest BCUT2D eigenvalue weighted by Gasteiger charge is -2.63. The second kappa shape index (κ2) is 18.4. The maximum atomic E-state index is 13.7. The van der Waals surface area contributed by atoms with Gasteiger partial charge in [-0.25, -0.2) is 9.97 Å². The van der Waals surface area contributed by atoms with Gasteiger partial charge in [0.25, 0.3) is 5.91 Å². The van der Waals surface area contributed by atoms with Gasteiger partial charge in [0.1, 0.15) is 11.9 Å². The van der Waals surface area contributed by atoms with E-state index in [-0.39, 0.29) is 40.2 Å². The third kappa shape index (κ3) is 8.95. The first-order chi connectivity index (χ1) is 33.8. The fourth-order valence-electron chi connectivity index (χ4n) is 13.2. The Labute approximate surface area is 419 Å². The molecule has 1 aliphatic carbocycles. The third-order valence-electron chi connectivity index (χ3n) is 17.0. The molecule has 5 aliphatic rings. The first-order valence-corrected chi connectivity index (χ1v) is 25.9. The van der Waals surface area contributed by atoms with Gasteiger partial charge in [-0.05, 0) is 110 Å². The Morgan fingerprint density at radius 3 is 2.31 bits per heavy atom. The van der Waals surface area contributed by atoms with E-state index in [1.54, 1.807) is 25.4 Å². The van der Waals surface area contributed by atoms with E-state index in [1.165, 1.54) is 33.6 Å². The zero-order valence-corrected chi connectivity index (χ0v) is 43.5. The van der Waals surface area contributed by atoms with E-state index in [4.69, 9.17) is 19.8 Å². The molecule has 2 amide bonds. The predicted octanol–water partition coefficient (Wildman–Crippen LogP) is 8.35. The predicted molar refractivity (Wildman–Crippen MR) is 276 cm³/mol. The Hall–Kier alpha value is -6.27. The van der Waals surface area contributed by atoms with Crippen LogP contribution in [0.1, 0.15) is 124 Å². The van der Waals surface area contributed by atoms with Crippen LogP contribution in [0, 0.1) is 47.3 Å². The highest BCUT2D eigenvalue weighted by Gasteiger charge is 2.64. The summed E-state index contributed by atoms with van der Waals surface area (Å²) < 4.78 is 10.7. The van der Waals surface area contributed by atoms with Crippen molar-refractivity contribution in [3.8, 4) is 22.9 Å². The van der Waals surface area contributed by atoms with E-state index in [0.29, 0.717) is 35.6 Å². The summed E-state index contributed by atoms with van der Waals surface area (Å²) in [6.45, 7) is 26.1. The van der Waals surface area contributed by atoms with Crippen LogP contribution in [0.5, 0.6) is 5.75 Å². The molecule has 374 valence electrons. The van der Waals surface area contributed by atoms with Crippen molar-refractivity contribution < 1.29 is 14.3 Å². The second-order valence-corrected chi connectivity index (χ2v) is 23.2. The number of ether oxygens (including phenoxy) is 1. The number of amides is 2. The summed E-state index contributed by atoms with van der Waals surface area (Å²) in [6.07, 6.45) is 13.3. The van der Waals surface area contributed by atoms with Gasteiger partial charge in [0.15, 0.2) is 5.82 Å². The minimum atomic E-state index is -0.342. The minimum Gasteiger partial charge on any atom is -0.489 e. The van der Waals surface area contributed by atoms with Crippen molar-refractivity contribution >= 4 is 29.3 Å². The number of hydrogen-bond acceptors (Lipinski definition) is 11. The van der Waals surface area contributed by atoms with Crippen LogP contribution in [0.4, 0.5) is 17.5 Å². The zero-order chi connectivity index (χ0) is 50.1. The maximum absolute atomic E-state index is 13.7. The van der Waals surface area contributed by atoms with E-state index in [2.05, 4.69) is 103 Å². The molecule has 3 aromatic heterocycles. The van der Waals surface area contributed by atoms with Crippen LogP contribution in [0.15, 0.2) is 55.1 Å². The molecule has 5 aromatic rings. The van der Waals surface area contributed by atoms with E-state index in [1.807, 2.05) is 41.9 Å². The Kier molecular flexibility index (Phi) is 12.5. The Morgan fingerprint density at radius 2 is 1.65 bits per heavy atom. The number of carbonyl (C=O) groups is 2. The monoisotopic (exact) mass is 961 g/mol. The molecule has 15 nitrogen and oxygen atoms in total. The van der Waals surface area contributed by atoms with Gasteiger partial charge in [-0.3, -0.25) is 19.0 Å². The fraction of sp³-hybridized carbons (Fsp3) is 0.554. The van der Waals surface area contributed by atoms with Gasteiger partial charge in [-0.15, -0.1) is 0 Å². The smallest absolute Gasteiger partial charge is 0.254 e. The number of nitrogens with zero attached hydrogens (tertiary/aromatic N) is 11. The molecule has 71 heavy (non-hydrogen) atoms. The molecule has 1 unspecified atom stereocenters. The number of hydrogen-bond donors (Lipinski definition) is 1. The number of aryl methyl sites for hydroxylation is 4. The summed E-state index contributed by atoms with van der Waals surface area (Å²) in [5.41, 5.74) is 10.00. The number of rotatable bonds is 10. The molecule has 1 saturated carbocycles. The minimum absolute atomic E-state index is 0.0331. The lowest BCUT2D eigenvalue weighted by atomic mass is 9.49. The highest BCUT2D eigenvalue weighted by molar-refractivity contribution is 5.94. The summed E-state index contributed by atoms with van der Waals surface area (Å²) in [4.78, 5) is 45.3. The Balaban J connectivity index is 0.759. The first-order valence-electron chi connectivity index (χ1n) is 25.9. The van der Waals surface area contributed by atoms with Crippen LogP contribution < -0.4 is 19.9 Å². The summed E-state index contributed by atoms with van der Waals surface area (Å²) in [5, 5.41) is 22.6. The van der Waals surface area contributed by atoms with Gasteiger partial charge in [-0.2, -0.15) is 15.5 Å². The lowest BCUT2D eigenvalue weighted by molar-refractivity contribution is -0.164. The van der Waals surface area contributed by atoms with Crippen molar-refractivity contribution in [2.24, 2.45) is 29.2 Å². The summed E-state index contributed by atoms with van der Waals surface area (Å²) >= 11 is 0. The van der Waals surface area contributed by atoms with Gasteiger partial charge >= 0.3 is 0 Å². The average molecular weight is 961 g/mol. The molecule has 0 bridgehead atoms. The molecule has 4 aliphatic heterocycles. The summed E-state index contributed by atoms with van der Waals surface area (Å²) in [5.74, 6) is 2.86. The van der Waals surface area contributed by atoms with E-state index in [0.717, 1.165) is 107 Å². The van der Waals surface area contributed by atoms with Crippen LogP contribution in [-0.2, 0) is 31.2 Å². The fourth-order valence-corrected chi connectivity index (χ4v) is 13.2. The standard InChI is InChI=1S/C56H72N12O3/c1-35-24-44(14-13-39(35)27-57)71-52-55(6,7)51(56(52,8)9)61-50(70)40-28-58-53(59-29-40)66-22-15-42(54(4,5)34-66)32-64-20-16-43(17-21-64)68-47-18-23-65(37(3)69)33-46(47)49(62-68)67-19-11-12-38-26-45(36(2)25-48(38)67)41-30-60-63(10)31-41/h13-14,24-26,28-31,42-43,51-52H,11-12,15-23,32-34H2,1-10H3,(H,61,70). The van der Waals surface area contributed by atoms with Crippen molar-refractivity contribution in [1.29, 1.82) is 5.26 Å². The largest absolute Gasteiger partial charge is 0.489 e. The van der Waals surface area contributed by atoms with Crippen molar-refractivity contribution in [2.75, 3.05) is 55.6 Å². The zero-order valence-electron chi connectivity index (χ0n) is 43.5. The lowest BCUT2D eigenvalue weighted by Crippen LogP contribution is -2.74. The molecule has 2 saturated heterocycles. The molecule has 10 rings (SSSR count). The summed E-state index contributed by atoms with van der Waals surface area (Å²) in [6, 6.07) is 12.7. The van der Waals surface area contributed by atoms with Gasteiger partial charge in [0, 0.05) is 124 Å². The number of fused-ring (bicyclic) bond motifs is 2. The van der Waals surface area contributed by atoms with E-state index in [9.17, 15) is 14.9 Å². The number of piperidine rings is 2. The Morgan fingerprint density at radius 1 is 0.901 bits per heavy atom. The van der Waals surface area contributed by atoms with Crippen LogP contribution in [0.25, 0.3) is 11.1 Å². The molecule has 7 heterocycles. The molecule has 0 spiro atoms. The summed E-state index contributed by atoms with van der Waals surface area (Å²) in [7, 11) is 1.96. The number of anilines is 3. The van der Waals surface area contributed by atoms with Crippen LogP contribution in [0.2, 0.25) is 0 Å². The Bertz CT molecular complexity index is 2870. The van der Waals surface area contributed by atoms with Gasteiger partial charge in [0.2, 0.25) is 11.9 Å². The molecule has 15 heteroatoms. The van der Waals surface area contributed by atoms with Gasteiger partial charge in [0.05, 0.1) is 36.0 Å². The van der Waals surface area contributed by atoms with Crippen molar-refractivity contribution in [2.45, 2.75) is 126 Å². The van der Waals surface area contributed by atoms with Crippen LogP contribution in [-0.4, -0.2) is 109 Å². The molecule has 0 radical (unpaired) electrons. The highest BCUT2D eigenvalue weighted by Crippen LogP contribution is 2.56. The normalized spacial score (nSPS) is 22.8. The molecule has 2 aromatic carbocycles. The number of nitriles is 1. The third-order valence-corrected chi connectivity index (χ3v) is 17.0. The maximum Gasteiger partial charge on any atom is 0.254 e. The second-order valence-electron chi connectivity index (χ2n) is 23.2. The first kappa shape index (κ1) is 48.4. The van der Waals surface area contributed by atoms with Crippen molar-refractivity contribution in [3.63, 3.8) is 0 Å². The average Bonchev–Trinajstić information content (AvgIpc) is 3.96. The number of aromatic nitrogens is 6. The van der Waals surface area contributed by atoms with Crippen LogP contribution >= 0.6 is 0 Å². The number of likely N-dealkylation sites (tertiary alicyclic amines) is 1. The van der Waals surface area contributed by atoms with Gasteiger partial charge in [-0.1, -0.05) is 41.5 Å². The number of carbonyl (C=O) groups excluding carboxylic acids is 2. The quantitative estimate of drug-likeness (QED) is 0.144. The van der Waals surface area contributed by atoms with Crippen LogP contribution in [0.3, 0.4) is 0 Å². The van der Waals surface area contributed by atoms with E-state index >= 15 is 0 Å². The highest BCUT2D eigenvalue weighted by atomic mass is 16.5. The van der Waals surface area contributed by atoms with Crippen molar-refractivity contribution in [3.05, 3.63) is 94.2 Å². The van der Waals surface area contributed by atoms with Gasteiger partial charge < -0.3 is 29.7 Å². The molecular formula is C56H72N12O3.